The fourth-order valence-electron chi connectivity index (χ4n) is 1.74. The molecular weight excluding hydrogens is 258 g/mol. The number of rotatable bonds is 1. The largest absolute Gasteiger partial charge is 0.454 e. The highest BCUT2D eigenvalue weighted by atomic mass is 79.9. The van der Waals surface area contributed by atoms with Crippen LogP contribution in [0.5, 0.6) is 0 Å². The van der Waals surface area contributed by atoms with Gasteiger partial charge in [0.1, 0.15) is 5.76 Å². The molecule has 0 saturated heterocycles. The topological polar surface area (TPSA) is 33.5 Å². The van der Waals surface area contributed by atoms with Gasteiger partial charge in [0.2, 0.25) is 0 Å². The Balaban J connectivity index is 2.37. The number of nitrogens with zero attached hydrogens (tertiary/aromatic N) is 1. The lowest BCUT2D eigenvalue weighted by molar-refractivity contribution is 0.102. The quantitative estimate of drug-likeness (QED) is 0.735. The van der Waals surface area contributed by atoms with Crippen molar-refractivity contribution in [3.63, 3.8) is 0 Å². The summed E-state index contributed by atoms with van der Waals surface area (Å²) in [6, 6.07) is 1.75. The number of furan rings is 1. The number of hydrogen-bond acceptors (Lipinski definition) is 3. The lowest BCUT2D eigenvalue weighted by Gasteiger charge is -2.14. The van der Waals surface area contributed by atoms with Gasteiger partial charge >= 0.3 is 0 Å². The SMILES string of the molecule is CN(C)C=C1CCc2oc(Br)cc2C1=O. The zero-order valence-corrected chi connectivity index (χ0v) is 10.3. The molecule has 80 valence electrons. The van der Waals surface area contributed by atoms with Gasteiger partial charge < -0.3 is 9.32 Å². The van der Waals surface area contributed by atoms with E-state index in [9.17, 15) is 4.79 Å². The molecule has 1 heterocycles. The second-order valence-corrected chi connectivity index (χ2v) is 4.62. The average molecular weight is 270 g/mol. The summed E-state index contributed by atoms with van der Waals surface area (Å²) in [5.41, 5.74) is 1.54. The number of fused-ring (bicyclic) bond motifs is 1. The van der Waals surface area contributed by atoms with Gasteiger partial charge in [0.25, 0.3) is 0 Å². The van der Waals surface area contributed by atoms with Crippen LogP contribution in [0.2, 0.25) is 0 Å². The minimum atomic E-state index is 0.0828. The van der Waals surface area contributed by atoms with Crippen LogP contribution in [-0.4, -0.2) is 24.8 Å². The molecule has 3 nitrogen and oxygen atoms in total. The van der Waals surface area contributed by atoms with Gasteiger partial charge in [0, 0.05) is 38.4 Å². The Hall–Kier alpha value is -1.03. The summed E-state index contributed by atoms with van der Waals surface area (Å²) in [5.74, 6) is 0.877. The Morgan fingerprint density at radius 3 is 2.87 bits per heavy atom. The molecule has 2 rings (SSSR count). The molecule has 0 unspecified atom stereocenters. The Morgan fingerprint density at radius 1 is 1.47 bits per heavy atom. The predicted octanol–water partition coefficient (Wildman–Crippen LogP) is 2.62. The van der Waals surface area contributed by atoms with E-state index in [0.717, 1.165) is 24.2 Å². The van der Waals surface area contributed by atoms with Crippen LogP contribution in [0.1, 0.15) is 22.5 Å². The second-order valence-electron chi connectivity index (χ2n) is 3.83. The van der Waals surface area contributed by atoms with Crippen molar-refractivity contribution in [2.24, 2.45) is 0 Å². The number of aryl methyl sites for hydroxylation is 1. The van der Waals surface area contributed by atoms with Crippen molar-refractivity contribution < 1.29 is 9.21 Å². The normalized spacial score (nSPS) is 18.1. The van der Waals surface area contributed by atoms with Crippen molar-refractivity contribution in [1.29, 1.82) is 0 Å². The maximum Gasteiger partial charge on any atom is 0.194 e. The molecule has 15 heavy (non-hydrogen) atoms. The van der Waals surface area contributed by atoms with Crippen LogP contribution in [0.3, 0.4) is 0 Å². The highest BCUT2D eigenvalue weighted by Crippen LogP contribution is 2.30. The first kappa shape index (κ1) is 10.5. The first-order valence-electron chi connectivity index (χ1n) is 4.78. The summed E-state index contributed by atoms with van der Waals surface area (Å²) in [6.07, 6.45) is 3.43. The maximum atomic E-state index is 12.0. The summed E-state index contributed by atoms with van der Waals surface area (Å²) in [7, 11) is 3.84. The van der Waals surface area contributed by atoms with Gasteiger partial charge in [-0.2, -0.15) is 0 Å². The van der Waals surface area contributed by atoms with Crippen LogP contribution in [-0.2, 0) is 6.42 Å². The van der Waals surface area contributed by atoms with Gasteiger partial charge in [0.15, 0.2) is 10.5 Å². The molecular formula is C11H12BrNO2. The van der Waals surface area contributed by atoms with Crippen LogP contribution in [0.15, 0.2) is 26.9 Å². The standard InChI is InChI=1S/C11H12BrNO2/c1-13(2)6-7-3-4-9-8(11(7)14)5-10(12)15-9/h5-6H,3-4H2,1-2H3. The molecule has 1 aromatic heterocycles. The third kappa shape index (κ3) is 2.00. The first-order chi connectivity index (χ1) is 7.08. The van der Waals surface area contributed by atoms with Crippen molar-refractivity contribution in [3.8, 4) is 0 Å². The lowest BCUT2D eigenvalue weighted by Crippen LogP contribution is -2.15. The summed E-state index contributed by atoms with van der Waals surface area (Å²) in [5, 5.41) is 0. The third-order valence-electron chi connectivity index (χ3n) is 2.35. The van der Waals surface area contributed by atoms with Crippen molar-refractivity contribution in [1.82, 2.24) is 4.90 Å². The van der Waals surface area contributed by atoms with Crippen molar-refractivity contribution >= 4 is 21.7 Å². The zero-order valence-electron chi connectivity index (χ0n) is 8.71. The van der Waals surface area contributed by atoms with Crippen molar-refractivity contribution in [2.75, 3.05) is 14.1 Å². The minimum Gasteiger partial charge on any atom is -0.454 e. The molecule has 0 aliphatic heterocycles. The van der Waals surface area contributed by atoms with Gasteiger partial charge in [-0.3, -0.25) is 4.79 Å². The molecule has 1 aromatic rings. The highest BCUT2D eigenvalue weighted by Gasteiger charge is 2.25. The van der Waals surface area contributed by atoms with E-state index >= 15 is 0 Å². The third-order valence-corrected chi connectivity index (χ3v) is 2.74. The first-order valence-corrected chi connectivity index (χ1v) is 5.57. The number of allylic oxidation sites excluding steroid dienone is 1. The number of carbonyl (C=O) groups excluding carboxylic acids is 1. The maximum absolute atomic E-state index is 12.0. The van der Waals surface area contributed by atoms with Crippen molar-refractivity contribution in [3.05, 3.63) is 33.8 Å². The van der Waals surface area contributed by atoms with Gasteiger partial charge in [-0.1, -0.05) is 0 Å². The lowest BCUT2D eigenvalue weighted by atomic mass is 9.93. The van der Waals surface area contributed by atoms with Crippen LogP contribution < -0.4 is 0 Å². The number of halogens is 1. The minimum absolute atomic E-state index is 0.0828. The van der Waals surface area contributed by atoms with E-state index in [0.29, 0.717) is 10.2 Å². The van der Waals surface area contributed by atoms with Crippen molar-refractivity contribution in [2.45, 2.75) is 12.8 Å². The Morgan fingerprint density at radius 2 is 2.20 bits per heavy atom. The molecule has 0 spiro atoms. The fourth-order valence-corrected chi connectivity index (χ4v) is 2.17. The summed E-state index contributed by atoms with van der Waals surface area (Å²) in [4.78, 5) is 13.9. The zero-order chi connectivity index (χ0) is 11.0. The van der Waals surface area contributed by atoms with Gasteiger partial charge in [-0.15, -0.1) is 0 Å². The molecule has 0 radical (unpaired) electrons. The molecule has 0 fully saturated rings. The van der Waals surface area contributed by atoms with Crippen LogP contribution in [0.25, 0.3) is 0 Å². The Labute approximate surface area is 96.9 Å². The van der Waals surface area contributed by atoms with Gasteiger partial charge in [-0.25, -0.2) is 0 Å². The monoisotopic (exact) mass is 269 g/mol. The fraction of sp³-hybridized carbons (Fsp3) is 0.364. The molecule has 4 heteroatoms. The van der Waals surface area contributed by atoms with Gasteiger partial charge in [0.05, 0.1) is 5.56 Å². The molecule has 0 N–H and O–H groups in total. The van der Waals surface area contributed by atoms with Crippen LogP contribution in [0.4, 0.5) is 0 Å². The van der Waals surface area contributed by atoms with Gasteiger partial charge in [-0.05, 0) is 22.4 Å². The predicted molar refractivity (Wildman–Crippen MR) is 60.8 cm³/mol. The van der Waals surface area contributed by atoms with E-state index in [1.54, 1.807) is 6.07 Å². The molecule has 0 amide bonds. The van der Waals surface area contributed by atoms with Crippen LogP contribution in [0, 0.1) is 0 Å². The highest BCUT2D eigenvalue weighted by molar-refractivity contribution is 9.10. The number of hydrogen-bond donors (Lipinski definition) is 0. The van der Waals surface area contributed by atoms with E-state index in [-0.39, 0.29) is 5.78 Å². The second kappa shape index (κ2) is 3.85. The molecule has 1 aliphatic carbocycles. The molecule has 0 aromatic carbocycles. The summed E-state index contributed by atoms with van der Waals surface area (Å²) in [6.45, 7) is 0. The molecule has 1 aliphatic rings. The molecule has 0 atom stereocenters. The van der Waals surface area contributed by atoms with Crippen LogP contribution >= 0.6 is 15.9 Å². The average Bonchev–Trinajstić information content (AvgIpc) is 2.51. The van der Waals surface area contributed by atoms with E-state index in [4.69, 9.17) is 4.42 Å². The number of Topliss-reactive ketones (excluding diaryl/α,β-unsaturated/α-hetero) is 1. The number of carbonyl (C=O) groups is 1. The van der Waals surface area contributed by atoms with E-state index < -0.39 is 0 Å². The summed E-state index contributed by atoms with van der Waals surface area (Å²) >= 11 is 3.24. The number of ketones is 1. The van der Waals surface area contributed by atoms with E-state index in [1.807, 2.05) is 25.2 Å². The van der Waals surface area contributed by atoms with E-state index in [2.05, 4.69) is 15.9 Å². The smallest absolute Gasteiger partial charge is 0.194 e. The molecule has 0 saturated carbocycles. The Kier molecular flexibility index (Phi) is 2.69. The Bertz CT molecular complexity index is 432. The molecule has 0 bridgehead atoms. The summed E-state index contributed by atoms with van der Waals surface area (Å²) < 4.78 is 6.02. The van der Waals surface area contributed by atoms with E-state index in [1.165, 1.54) is 0 Å².